The molecule has 1 atom stereocenters. The summed E-state index contributed by atoms with van der Waals surface area (Å²) in [5.41, 5.74) is 7.37. The molecule has 0 amide bonds. The number of methoxy groups -OCH3 is 1. The summed E-state index contributed by atoms with van der Waals surface area (Å²) in [5.74, 6) is 0.682. The molecule has 0 aliphatic heterocycles. The standard InChI is InChI=1S/C9H12N3OP/c1-12-4-5-3-6(10)8(13-2)9(14)7(5)11-12/h3-4H,10,14H2,1-2H3. The molecule has 0 bridgehead atoms. The molecule has 2 rings (SSSR count). The highest BCUT2D eigenvalue weighted by molar-refractivity contribution is 7.28. The lowest BCUT2D eigenvalue weighted by Crippen LogP contribution is -2.04. The number of fused-ring (bicyclic) bond motifs is 1. The molecule has 14 heavy (non-hydrogen) atoms. The molecule has 2 aromatic rings. The fourth-order valence-electron chi connectivity index (χ4n) is 1.55. The van der Waals surface area contributed by atoms with Gasteiger partial charge >= 0.3 is 0 Å². The van der Waals surface area contributed by atoms with E-state index < -0.39 is 0 Å². The summed E-state index contributed by atoms with van der Waals surface area (Å²) in [6.45, 7) is 0. The normalized spacial score (nSPS) is 10.8. The van der Waals surface area contributed by atoms with Gasteiger partial charge in [0.2, 0.25) is 0 Å². The Labute approximate surface area is 84.2 Å². The van der Waals surface area contributed by atoms with Crippen molar-refractivity contribution in [2.45, 2.75) is 0 Å². The van der Waals surface area contributed by atoms with Crippen LogP contribution in [0.5, 0.6) is 5.75 Å². The van der Waals surface area contributed by atoms with Gasteiger partial charge in [0, 0.05) is 23.9 Å². The largest absolute Gasteiger partial charge is 0.494 e. The molecular formula is C9H12N3OP. The van der Waals surface area contributed by atoms with Crippen molar-refractivity contribution in [2.75, 3.05) is 12.8 Å². The molecule has 0 aliphatic rings. The Balaban J connectivity index is 2.84. The Morgan fingerprint density at radius 1 is 1.57 bits per heavy atom. The SMILES string of the molecule is COc1c(N)cc2cn(C)nc2c1P. The van der Waals surface area contributed by atoms with Crippen LogP contribution >= 0.6 is 9.24 Å². The first kappa shape index (κ1) is 9.28. The van der Waals surface area contributed by atoms with E-state index in [0.29, 0.717) is 11.4 Å². The van der Waals surface area contributed by atoms with Gasteiger partial charge in [0.15, 0.2) is 5.75 Å². The highest BCUT2D eigenvalue weighted by Gasteiger charge is 2.11. The predicted molar refractivity (Wildman–Crippen MR) is 61.0 cm³/mol. The molecule has 0 saturated heterocycles. The summed E-state index contributed by atoms with van der Waals surface area (Å²) in [6, 6.07) is 1.87. The van der Waals surface area contributed by atoms with Crippen molar-refractivity contribution >= 4 is 31.1 Å². The number of anilines is 1. The summed E-state index contributed by atoms with van der Waals surface area (Å²) in [4.78, 5) is 0. The number of aryl methyl sites for hydroxylation is 1. The van der Waals surface area contributed by atoms with Gasteiger partial charge in [0.25, 0.3) is 0 Å². The monoisotopic (exact) mass is 209 g/mol. The van der Waals surface area contributed by atoms with E-state index in [4.69, 9.17) is 10.5 Å². The molecule has 0 aliphatic carbocycles. The van der Waals surface area contributed by atoms with Gasteiger partial charge in [-0.25, -0.2) is 0 Å². The van der Waals surface area contributed by atoms with Gasteiger partial charge in [-0.3, -0.25) is 4.68 Å². The van der Waals surface area contributed by atoms with E-state index >= 15 is 0 Å². The summed E-state index contributed by atoms with van der Waals surface area (Å²) in [5, 5.41) is 6.25. The van der Waals surface area contributed by atoms with Crippen LogP contribution in [0.2, 0.25) is 0 Å². The number of nitrogens with zero attached hydrogens (tertiary/aromatic N) is 2. The number of rotatable bonds is 1. The quantitative estimate of drug-likeness (QED) is 0.554. The van der Waals surface area contributed by atoms with Gasteiger partial charge in [-0.1, -0.05) is 9.24 Å². The molecular weight excluding hydrogens is 197 g/mol. The first-order valence-corrected chi connectivity index (χ1v) is 4.76. The van der Waals surface area contributed by atoms with E-state index in [9.17, 15) is 0 Å². The number of aromatic nitrogens is 2. The minimum absolute atomic E-state index is 0.637. The first-order valence-electron chi connectivity index (χ1n) is 4.18. The van der Waals surface area contributed by atoms with Gasteiger partial charge in [-0.15, -0.1) is 0 Å². The van der Waals surface area contributed by atoms with Crippen LogP contribution in [-0.4, -0.2) is 16.9 Å². The van der Waals surface area contributed by atoms with Crippen molar-refractivity contribution in [1.29, 1.82) is 0 Å². The van der Waals surface area contributed by atoms with Crippen molar-refractivity contribution in [3.05, 3.63) is 12.3 Å². The maximum absolute atomic E-state index is 5.83. The van der Waals surface area contributed by atoms with E-state index in [1.165, 1.54) is 0 Å². The van der Waals surface area contributed by atoms with Crippen molar-refractivity contribution in [3.63, 3.8) is 0 Å². The summed E-state index contributed by atoms with van der Waals surface area (Å²) >= 11 is 0. The number of benzene rings is 1. The molecule has 5 heteroatoms. The molecule has 0 fully saturated rings. The molecule has 74 valence electrons. The Kier molecular flexibility index (Phi) is 2.08. The molecule has 0 spiro atoms. The van der Waals surface area contributed by atoms with Crippen LogP contribution in [0.4, 0.5) is 5.69 Å². The smallest absolute Gasteiger partial charge is 0.151 e. The number of hydrogen-bond acceptors (Lipinski definition) is 3. The Morgan fingerprint density at radius 3 is 2.93 bits per heavy atom. The molecule has 1 aromatic heterocycles. The third-order valence-electron chi connectivity index (χ3n) is 2.13. The minimum Gasteiger partial charge on any atom is -0.494 e. The summed E-state index contributed by atoms with van der Waals surface area (Å²) < 4.78 is 6.96. The fourth-order valence-corrected chi connectivity index (χ4v) is 2.05. The van der Waals surface area contributed by atoms with Crippen LogP contribution in [0.1, 0.15) is 0 Å². The van der Waals surface area contributed by atoms with Crippen molar-refractivity contribution < 1.29 is 4.74 Å². The van der Waals surface area contributed by atoms with E-state index in [-0.39, 0.29) is 0 Å². The highest BCUT2D eigenvalue weighted by atomic mass is 31.0. The molecule has 2 N–H and O–H groups in total. The molecule has 1 heterocycles. The molecule has 1 aromatic carbocycles. The average Bonchev–Trinajstić information content (AvgIpc) is 2.47. The van der Waals surface area contributed by atoms with Gasteiger partial charge in [-0.2, -0.15) is 5.10 Å². The number of nitrogen functional groups attached to an aromatic ring is 1. The van der Waals surface area contributed by atoms with Crippen molar-refractivity contribution in [2.24, 2.45) is 7.05 Å². The van der Waals surface area contributed by atoms with Gasteiger partial charge in [0.1, 0.15) is 5.52 Å². The zero-order valence-electron chi connectivity index (χ0n) is 8.11. The second-order valence-corrected chi connectivity index (χ2v) is 3.73. The number of hydrogen-bond donors (Lipinski definition) is 1. The molecule has 0 radical (unpaired) electrons. The van der Waals surface area contributed by atoms with Gasteiger partial charge in [-0.05, 0) is 6.07 Å². The Bertz CT molecular complexity index is 492. The van der Waals surface area contributed by atoms with E-state index in [1.807, 2.05) is 19.3 Å². The van der Waals surface area contributed by atoms with Crippen molar-refractivity contribution in [1.82, 2.24) is 9.78 Å². The number of nitrogens with two attached hydrogens (primary N) is 1. The van der Waals surface area contributed by atoms with E-state index in [1.54, 1.807) is 11.8 Å². The van der Waals surface area contributed by atoms with Crippen LogP contribution in [0.3, 0.4) is 0 Å². The number of ether oxygens (including phenoxy) is 1. The Morgan fingerprint density at radius 2 is 2.29 bits per heavy atom. The molecule has 4 nitrogen and oxygen atoms in total. The topological polar surface area (TPSA) is 53.1 Å². The lowest BCUT2D eigenvalue weighted by atomic mass is 10.2. The fraction of sp³-hybridized carbons (Fsp3) is 0.222. The van der Waals surface area contributed by atoms with E-state index in [2.05, 4.69) is 14.3 Å². The predicted octanol–water partition coefficient (Wildman–Crippen LogP) is 0.664. The molecule has 1 unspecified atom stereocenters. The van der Waals surface area contributed by atoms with Crippen LogP contribution in [0, 0.1) is 0 Å². The zero-order valence-corrected chi connectivity index (χ0v) is 9.27. The third kappa shape index (κ3) is 1.23. The second kappa shape index (κ2) is 3.14. The Hall–Kier alpha value is -1.28. The minimum atomic E-state index is 0.637. The first-order chi connectivity index (χ1) is 6.63. The van der Waals surface area contributed by atoms with Gasteiger partial charge < -0.3 is 10.5 Å². The lowest BCUT2D eigenvalue weighted by molar-refractivity contribution is 0.421. The van der Waals surface area contributed by atoms with Crippen LogP contribution in [0.25, 0.3) is 10.9 Å². The third-order valence-corrected chi connectivity index (χ3v) is 2.67. The average molecular weight is 209 g/mol. The highest BCUT2D eigenvalue weighted by Crippen LogP contribution is 2.26. The van der Waals surface area contributed by atoms with E-state index in [0.717, 1.165) is 16.2 Å². The maximum atomic E-state index is 5.83. The summed E-state index contributed by atoms with van der Waals surface area (Å²) in [7, 11) is 6.10. The maximum Gasteiger partial charge on any atom is 0.151 e. The molecule has 0 saturated carbocycles. The zero-order chi connectivity index (χ0) is 10.3. The van der Waals surface area contributed by atoms with Crippen LogP contribution in [-0.2, 0) is 7.05 Å². The van der Waals surface area contributed by atoms with Gasteiger partial charge in [0.05, 0.1) is 12.8 Å². The van der Waals surface area contributed by atoms with Crippen LogP contribution < -0.4 is 15.8 Å². The van der Waals surface area contributed by atoms with Crippen molar-refractivity contribution in [3.8, 4) is 5.75 Å². The van der Waals surface area contributed by atoms with Crippen LogP contribution in [0.15, 0.2) is 12.3 Å². The second-order valence-electron chi connectivity index (χ2n) is 3.15. The lowest BCUT2D eigenvalue weighted by Gasteiger charge is -2.07. The summed E-state index contributed by atoms with van der Waals surface area (Å²) in [6.07, 6.45) is 1.93.